The number of likely N-dealkylation sites (tertiary alicyclic amines) is 1. The van der Waals surface area contributed by atoms with Gasteiger partial charge >= 0.3 is 0 Å². The largest absolute Gasteiger partial charge is 0.493 e. The van der Waals surface area contributed by atoms with E-state index in [9.17, 15) is 4.79 Å². The zero-order chi connectivity index (χ0) is 26.3. The van der Waals surface area contributed by atoms with E-state index in [-0.39, 0.29) is 30.1 Å². The fraction of sp³-hybridized carbons (Fsp3) is 0.621. The number of terminal acetylenes is 1. The molecule has 0 spiro atoms. The van der Waals surface area contributed by atoms with Gasteiger partial charge in [0.15, 0.2) is 11.5 Å². The molecule has 36 heavy (non-hydrogen) atoms. The minimum atomic E-state index is -0.384. The van der Waals surface area contributed by atoms with E-state index in [1.165, 1.54) is 5.57 Å². The minimum absolute atomic E-state index is 0.132. The molecule has 2 aliphatic rings. The third kappa shape index (κ3) is 6.74. The maximum Gasteiger partial charge on any atom is 0.236 e. The predicted molar refractivity (Wildman–Crippen MR) is 143 cm³/mol. The molecule has 198 valence electrons. The Hall–Kier alpha value is -2.69. The minimum Gasteiger partial charge on any atom is -0.493 e. The van der Waals surface area contributed by atoms with Crippen LogP contribution in [0, 0.1) is 17.8 Å². The maximum atomic E-state index is 13.4. The van der Waals surface area contributed by atoms with Crippen molar-refractivity contribution in [2.45, 2.75) is 65.3 Å². The molecular weight excluding hydrogens is 454 g/mol. The number of benzene rings is 1. The lowest BCUT2D eigenvalue weighted by Gasteiger charge is -2.32. The van der Waals surface area contributed by atoms with Crippen molar-refractivity contribution in [3.8, 4) is 29.6 Å². The molecule has 1 saturated heterocycles. The highest BCUT2D eigenvalue weighted by Crippen LogP contribution is 2.46. The first kappa shape index (κ1) is 27.9. The molecule has 0 unspecified atom stereocenters. The Bertz CT molecular complexity index is 981. The van der Waals surface area contributed by atoms with Gasteiger partial charge in [0.2, 0.25) is 18.4 Å². The van der Waals surface area contributed by atoms with Crippen LogP contribution in [0.5, 0.6) is 17.2 Å². The SMILES string of the molecule is C#C[C@@](C)(C=C(C)C)C[C@H]1C[C@@H](c2cc(OC)c3c(c2)OCO3)CN1CC(=O)N(CCN)CCCC. The van der Waals surface area contributed by atoms with Gasteiger partial charge in [0, 0.05) is 37.6 Å². The van der Waals surface area contributed by atoms with Gasteiger partial charge in [-0.25, -0.2) is 0 Å². The summed E-state index contributed by atoms with van der Waals surface area (Å²) in [5.41, 5.74) is 7.76. The highest BCUT2D eigenvalue weighted by atomic mass is 16.7. The highest BCUT2D eigenvalue weighted by Gasteiger charge is 2.39. The first-order chi connectivity index (χ1) is 17.2. The molecule has 7 heteroatoms. The number of fused-ring (bicyclic) bond motifs is 1. The number of nitrogens with two attached hydrogens (primary N) is 1. The number of hydrogen-bond acceptors (Lipinski definition) is 6. The zero-order valence-electron chi connectivity index (χ0n) is 22.6. The Labute approximate surface area is 216 Å². The molecule has 1 amide bonds. The van der Waals surface area contributed by atoms with Gasteiger partial charge in [-0.1, -0.05) is 30.9 Å². The highest BCUT2D eigenvalue weighted by molar-refractivity contribution is 5.78. The molecular formula is C29H43N3O4. The van der Waals surface area contributed by atoms with Gasteiger partial charge in [-0.15, -0.1) is 6.42 Å². The summed E-state index contributed by atoms with van der Waals surface area (Å²) in [6.07, 6.45) is 11.9. The van der Waals surface area contributed by atoms with E-state index in [0.29, 0.717) is 36.9 Å². The van der Waals surface area contributed by atoms with Gasteiger partial charge in [0.25, 0.3) is 0 Å². The number of hydrogen-bond donors (Lipinski definition) is 1. The Kier molecular flexibility index (Phi) is 9.69. The topological polar surface area (TPSA) is 77.3 Å². The lowest BCUT2D eigenvalue weighted by Crippen LogP contribution is -2.45. The number of amides is 1. The van der Waals surface area contributed by atoms with Crippen molar-refractivity contribution < 1.29 is 19.0 Å². The third-order valence-electron chi connectivity index (χ3n) is 7.15. The Morgan fingerprint density at radius 3 is 2.78 bits per heavy atom. The molecule has 1 aromatic rings. The molecule has 0 aromatic heterocycles. The van der Waals surface area contributed by atoms with Crippen LogP contribution in [0.3, 0.4) is 0 Å². The molecule has 1 fully saturated rings. The first-order valence-electron chi connectivity index (χ1n) is 13.1. The van der Waals surface area contributed by atoms with Gasteiger partial charge in [-0.3, -0.25) is 9.69 Å². The van der Waals surface area contributed by atoms with Gasteiger partial charge in [-0.05, 0) is 63.6 Å². The van der Waals surface area contributed by atoms with Gasteiger partial charge in [0.1, 0.15) is 0 Å². The standard InChI is InChI=1S/C29H43N3O4/c1-7-9-11-31(12-10-30)27(33)19-32-18-23(13-24(32)17-29(5,8-2)16-21(3)4)22-14-25(34-6)28-26(15-22)35-20-36-28/h2,14-16,23-24H,7,9-13,17-20,30H2,1,3-6H3/t23-,24-,29+/m1/s1. The van der Waals surface area contributed by atoms with Crippen LogP contribution in [-0.2, 0) is 4.79 Å². The van der Waals surface area contributed by atoms with Crippen molar-refractivity contribution in [3.63, 3.8) is 0 Å². The molecule has 0 radical (unpaired) electrons. The Morgan fingerprint density at radius 2 is 2.14 bits per heavy atom. The molecule has 1 aromatic carbocycles. The van der Waals surface area contributed by atoms with Crippen molar-refractivity contribution in [1.82, 2.24) is 9.80 Å². The number of unbranched alkanes of at least 4 members (excludes halogenated alkanes) is 1. The molecule has 2 aliphatic heterocycles. The second-order valence-corrected chi connectivity index (χ2v) is 10.5. The number of rotatable bonds is 12. The summed E-state index contributed by atoms with van der Waals surface area (Å²) in [5, 5.41) is 0. The summed E-state index contributed by atoms with van der Waals surface area (Å²) < 4.78 is 16.8. The normalized spacial score (nSPS) is 20.5. The predicted octanol–water partition coefficient (Wildman–Crippen LogP) is 4.17. The molecule has 0 bridgehead atoms. The van der Waals surface area contributed by atoms with Crippen LogP contribution in [-0.4, -0.2) is 68.4 Å². The summed E-state index contributed by atoms with van der Waals surface area (Å²) in [6, 6.07) is 4.26. The average molecular weight is 498 g/mol. The number of nitrogens with zero attached hydrogens (tertiary/aromatic N) is 2. The summed E-state index contributed by atoms with van der Waals surface area (Å²) in [5.74, 6) is 5.41. The van der Waals surface area contributed by atoms with Crippen LogP contribution < -0.4 is 19.9 Å². The van der Waals surface area contributed by atoms with E-state index in [1.807, 2.05) is 11.0 Å². The second kappa shape index (κ2) is 12.5. The van der Waals surface area contributed by atoms with E-state index in [2.05, 4.69) is 50.7 Å². The molecule has 7 nitrogen and oxygen atoms in total. The van der Waals surface area contributed by atoms with Gasteiger partial charge in [0.05, 0.1) is 13.7 Å². The Balaban J connectivity index is 1.87. The van der Waals surface area contributed by atoms with Gasteiger partial charge < -0.3 is 24.8 Å². The summed E-state index contributed by atoms with van der Waals surface area (Å²) in [6.45, 7) is 11.5. The quantitative estimate of drug-likeness (QED) is 0.345. The van der Waals surface area contributed by atoms with Crippen molar-refractivity contribution in [2.24, 2.45) is 11.1 Å². The monoisotopic (exact) mass is 497 g/mol. The average Bonchev–Trinajstić information content (AvgIpc) is 3.47. The Morgan fingerprint density at radius 1 is 1.36 bits per heavy atom. The van der Waals surface area contributed by atoms with Crippen molar-refractivity contribution in [3.05, 3.63) is 29.3 Å². The maximum absolute atomic E-state index is 13.4. The van der Waals surface area contributed by atoms with Crippen molar-refractivity contribution >= 4 is 5.91 Å². The molecule has 3 atom stereocenters. The fourth-order valence-corrected chi connectivity index (χ4v) is 5.44. The van der Waals surface area contributed by atoms with E-state index < -0.39 is 0 Å². The molecule has 2 heterocycles. The number of carbonyl (C=O) groups excluding carboxylic acids is 1. The van der Waals surface area contributed by atoms with E-state index in [4.69, 9.17) is 26.4 Å². The number of ether oxygens (including phenoxy) is 3. The van der Waals surface area contributed by atoms with Crippen LogP contribution in [0.1, 0.15) is 64.9 Å². The lowest BCUT2D eigenvalue weighted by molar-refractivity contribution is -0.132. The van der Waals surface area contributed by atoms with Crippen LogP contribution >= 0.6 is 0 Å². The van der Waals surface area contributed by atoms with Crippen LogP contribution in [0.25, 0.3) is 0 Å². The van der Waals surface area contributed by atoms with Gasteiger partial charge in [-0.2, -0.15) is 0 Å². The number of carbonyl (C=O) groups is 1. The third-order valence-corrected chi connectivity index (χ3v) is 7.15. The second-order valence-electron chi connectivity index (χ2n) is 10.5. The van der Waals surface area contributed by atoms with E-state index in [1.54, 1.807) is 7.11 Å². The first-order valence-corrected chi connectivity index (χ1v) is 13.1. The van der Waals surface area contributed by atoms with Crippen LogP contribution in [0.15, 0.2) is 23.8 Å². The smallest absolute Gasteiger partial charge is 0.236 e. The molecule has 0 saturated carbocycles. The van der Waals surface area contributed by atoms with Crippen LogP contribution in [0.4, 0.5) is 0 Å². The lowest BCUT2D eigenvalue weighted by atomic mass is 9.81. The van der Waals surface area contributed by atoms with E-state index in [0.717, 1.165) is 44.3 Å². The van der Waals surface area contributed by atoms with E-state index >= 15 is 0 Å². The number of allylic oxidation sites excluding steroid dienone is 2. The van der Waals surface area contributed by atoms with Crippen molar-refractivity contribution in [1.29, 1.82) is 0 Å². The zero-order valence-corrected chi connectivity index (χ0v) is 22.6. The molecule has 2 N–H and O–H groups in total. The summed E-state index contributed by atoms with van der Waals surface area (Å²) in [4.78, 5) is 17.6. The molecule has 0 aliphatic carbocycles. The summed E-state index contributed by atoms with van der Waals surface area (Å²) >= 11 is 0. The van der Waals surface area contributed by atoms with Crippen LogP contribution in [0.2, 0.25) is 0 Å². The molecule has 3 rings (SSSR count). The number of methoxy groups -OCH3 is 1. The summed E-state index contributed by atoms with van der Waals surface area (Å²) in [7, 11) is 1.64. The van der Waals surface area contributed by atoms with Crippen molar-refractivity contribution in [2.75, 3.05) is 46.6 Å². The fourth-order valence-electron chi connectivity index (χ4n) is 5.44.